The summed E-state index contributed by atoms with van der Waals surface area (Å²) in [6, 6.07) is 14.3. The van der Waals surface area contributed by atoms with Crippen LogP contribution in [-0.2, 0) is 14.6 Å². The molecule has 1 atom stereocenters. The molecule has 0 spiro atoms. The Morgan fingerprint density at radius 1 is 1.00 bits per heavy atom. The van der Waals surface area contributed by atoms with Crippen LogP contribution in [0.5, 0.6) is 0 Å². The Balaban J connectivity index is 2.09. The molecule has 0 saturated heterocycles. The van der Waals surface area contributed by atoms with Gasteiger partial charge in [-0.15, -0.1) is 0 Å². The summed E-state index contributed by atoms with van der Waals surface area (Å²) >= 11 is 0. The van der Waals surface area contributed by atoms with Crippen molar-refractivity contribution in [2.75, 3.05) is 6.54 Å². The van der Waals surface area contributed by atoms with E-state index < -0.39 is 32.9 Å². The number of carboxylic acid groups (broad SMARTS) is 1. The standard InChI is InChI=1S/C19H21NO5S/c1-13(2)26(24,25)16-10-8-15(9-11-16)18(21)20-12-17(19(22)23)14-6-4-3-5-7-14/h3-11,13,17H,12H2,1-2H3,(H,20,21)(H,22,23). The highest BCUT2D eigenvalue weighted by Crippen LogP contribution is 2.17. The zero-order valence-corrected chi connectivity index (χ0v) is 15.4. The molecule has 2 aromatic carbocycles. The normalized spacial score (nSPS) is 12.6. The quantitative estimate of drug-likeness (QED) is 0.774. The van der Waals surface area contributed by atoms with Gasteiger partial charge in [-0.3, -0.25) is 9.59 Å². The lowest BCUT2D eigenvalue weighted by Crippen LogP contribution is -2.31. The van der Waals surface area contributed by atoms with Crippen molar-refractivity contribution >= 4 is 21.7 Å². The lowest BCUT2D eigenvalue weighted by Gasteiger charge is -2.14. The number of carbonyl (C=O) groups is 2. The molecule has 1 unspecified atom stereocenters. The van der Waals surface area contributed by atoms with Gasteiger partial charge in [-0.05, 0) is 43.7 Å². The van der Waals surface area contributed by atoms with Crippen LogP contribution in [0.2, 0.25) is 0 Å². The molecule has 0 aromatic heterocycles. The highest BCUT2D eigenvalue weighted by molar-refractivity contribution is 7.92. The molecule has 0 heterocycles. The minimum Gasteiger partial charge on any atom is -0.481 e. The molecule has 0 bridgehead atoms. The van der Waals surface area contributed by atoms with Crippen molar-refractivity contribution in [1.82, 2.24) is 5.32 Å². The topological polar surface area (TPSA) is 101 Å². The summed E-state index contributed by atoms with van der Waals surface area (Å²) in [7, 11) is -3.40. The van der Waals surface area contributed by atoms with Gasteiger partial charge in [0.05, 0.1) is 16.1 Å². The van der Waals surface area contributed by atoms with Crippen molar-refractivity contribution in [3.63, 3.8) is 0 Å². The van der Waals surface area contributed by atoms with Gasteiger partial charge < -0.3 is 10.4 Å². The Labute approximate surface area is 152 Å². The van der Waals surface area contributed by atoms with E-state index in [0.717, 1.165) is 0 Å². The summed E-state index contributed by atoms with van der Waals surface area (Å²) in [6.45, 7) is 3.11. The van der Waals surface area contributed by atoms with E-state index in [1.807, 2.05) is 0 Å². The molecule has 6 nitrogen and oxygen atoms in total. The van der Waals surface area contributed by atoms with Gasteiger partial charge in [-0.1, -0.05) is 30.3 Å². The van der Waals surface area contributed by atoms with E-state index in [0.29, 0.717) is 5.56 Å². The fraction of sp³-hybridized carbons (Fsp3) is 0.263. The van der Waals surface area contributed by atoms with E-state index in [2.05, 4.69) is 5.32 Å². The molecule has 0 fully saturated rings. The average Bonchev–Trinajstić information content (AvgIpc) is 2.62. The molecule has 2 N–H and O–H groups in total. The highest BCUT2D eigenvalue weighted by Gasteiger charge is 2.22. The van der Waals surface area contributed by atoms with Crippen molar-refractivity contribution in [3.8, 4) is 0 Å². The lowest BCUT2D eigenvalue weighted by molar-refractivity contribution is -0.138. The number of hydrogen-bond donors (Lipinski definition) is 2. The molecule has 138 valence electrons. The third-order valence-electron chi connectivity index (χ3n) is 4.03. The average molecular weight is 375 g/mol. The number of aliphatic carboxylic acids is 1. The summed E-state index contributed by atoms with van der Waals surface area (Å²) in [5.74, 6) is -2.35. The van der Waals surface area contributed by atoms with Crippen LogP contribution >= 0.6 is 0 Å². The van der Waals surface area contributed by atoms with Gasteiger partial charge >= 0.3 is 5.97 Å². The van der Waals surface area contributed by atoms with Crippen LogP contribution < -0.4 is 5.32 Å². The fourth-order valence-corrected chi connectivity index (χ4v) is 3.46. The largest absolute Gasteiger partial charge is 0.481 e. The molecule has 0 aliphatic heterocycles. The Bertz CT molecular complexity index is 874. The molecule has 1 amide bonds. The number of nitrogens with one attached hydrogen (secondary N) is 1. The first kappa shape index (κ1) is 19.7. The van der Waals surface area contributed by atoms with Crippen LogP contribution in [0.1, 0.15) is 35.7 Å². The SMILES string of the molecule is CC(C)S(=O)(=O)c1ccc(C(=O)NCC(C(=O)O)c2ccccc2)cc1. The lowest BCUT2D eigenvalue weighted by atomic mass is 9.99. The molecule has 0 aliphatic carbocycles. The summed E-state index contributed by atoms with van der Waals surface area (Å²) in [5, 5.41) is 11.4. The van der Waals surface area contributed by atoms with Gasteiger partial charge in [0.1, 0.15) is 0 Å². The van der Waals surface area contributed by atoms with Crippen LogP contribution in [-0.4, -0.2) is 37.2 Å². The maximum Gasteiger partial charge on any atom is 0.312 e. The van der Waals surface area contributed by atoms with Crippen LogP contribution in [0, 0.1) is 0 Å². The van der Waals surface area contributed by atoms with Crippen LogP contribution in [0.25, 0.3) is 0 Å². The summed E-state index contributed by atoms with van der Waals surface area (Å²) < 4.78 is 24.2. The predicted molar refractivity (Wildman–Crippen MR) is 97.9 cm³/mol. The Hall–Kier alpha value is -2.67. The maximum absolute atomic E-state index is 12.2. The number of hydrogen-bond acceptors (Lipinski definition) is 4. The number of amides is 1. The number of sulfone groups is 1. The van der Waals surface area contributed by atoms with E-state index in [1.165, 1.54) is 24.3 Å². The van der Waals surface area contributed by atoms with E-state index >= 15 is 0 Å². The van der Waals surface area contributed by atoms with Crippen molar-refractivity contribution in [1.29, 1.82) is 0 Å². The predicted octanol–water partition coefficient (Wildman–Crippen LogP) is 2.47. The minimum atomic E-state index is -3.40. The van der Waals surface area contributed by atoms with Gasteiger partial charge in [0.2, 0.25) is 0 Å². The zero-order chi connectivity index (χ0) is 19.3. The summed E-state index contributed by atoms with van der Waals surface area (Å²) in [5.41, 5.74) is 0.864. The zero-order valence-electron chi connectivity index (χ0n) is 14.5. The molecule has 2 aromatic rings. The molecule has 0 radical (unpaired) electrons. The van der Waals surface area contributed by atoms with E-state index in [1.54, 1.807) is 44.2 Å². The number of rotatable bonds is 7. The Kier molecular flexibility index (Phi) is 6.15. The second-order valence-electron chi connectivity index (χ2n) is 6.13. The Morgan fingerprint density at radius 2 is 1.58 bits per heavy atom. The first-order chi connectivity index (χ1) is 12.2. The monoisotopic (exact) mass is 375 g/mol. The molecule has 26 heavy (non-hydrogen) atoms. The van der Waals surface area contributed by atoms with E-state index in [9.17, 15) is 23.1 Å². The number of carboxylic acids is 1. The molecule has 0 aliphatic rings. The Morgan fingerprint density at radius 3 is 2.08 bits per heavy atom. The highest BCUT2D eigenvalue weighted by atomic mass is 32.2. The fourth-order valence-electron chi connectivity index (χ4n) is 2.40. The third kappa shape index (κ3) is 4.49. The van der Waals surface area contributed by atoms with Gasteiger partial charge in [-0.25, -0.2) is 8.42 Å². The van der Waals surface area contributed by atoms with E-state index in [-0.39, 0.29) is 17.0 Å². The molecular weight excluding hydrogens is 354 g/mol. The van der Waals surface area contributed by atoms with Crippen LogP contribution in [0.3, 0.4) is 0 Å². The first-order valence-corrected chi connectivity index (χ1v) is 9.68. The van der Waals surface area contributed by atoms with Gasteiger partial charge in [0.25, 0.3) is 5.91 Å². The van der Waals surface area contributed by atoms with E-state index in [4.69, 9.17) is 0 Å². The van der Waals surface area contributed by atoms with Gasteiger partial charge in [-0.2, -0.15) is 0 Å². The summed E-state index contributed by atoms with van der Waals surface area (Å²) in [6.07, 6.45) is 0. The molecule has 0 saturated carbocycles. The second-order valence-corrected chi connectivity index (χ2v) is 8.63. The maximum atomic E-state index is 12.2. The molecule has 2 rings (SSSR count). The van der Waals surface area contributed by atoms with Gasteiger partial charge in [0.15, 0.2) is 9.84 Å². The first-order valence-electron chi connectivity index (χ1n) is 8.13. The number of benzene rings is 2. The van der Waals surface area contributed by atoms with Crippen molar-refractivity contribution < 1.29 is 23.1 Å². The van der Waals surface area contributed by atoms with Crippen molar-refractivity contribution in [3.05, 3.63) is 65.7 Å². The summed E-state index contributed by atoms with van der Waals surface area (Å²) in [4.78, 5) is 23.8. The molecular formula is C19H21NO5S. The van der Waals surface area contributed by atoms with Crippen molar-refractivity contribution in [2.45, 2.75) is 29.9 Å². The van der Waals surface area contributed by atoms with Gasteiger partial charge in [0, 0.05) is 12.1 Å². The van der Waals surface area contributed by atoms with Crippen molar-refractivity contribution in [2.24, 2.45) is 0 Å². The third-order valence-corrected chi connectivity index (χ3v) is 6.20. The van der Waals surface area contributed by atoms with Crippen LogP contribution in [0.4, 0.5) is 0 Å². The van der Waals surface area contributed by atoms with Crippen LogP contribution in [0.15, 0.2) is 59.5 Å². The minimum absolute atomic E-state index is 0.0653. The number of carbonyl (C=O) groups excluding carboxylic acids is 1. The molecule has 7 heteroatoms. The smallest absolute Gasteiger partial charge is 0.312 e. The second kappa shape index (κ2) is 8.14.